The van der Waals surface area contributed by atoms with Crippen LogP contribution in [-0.4, -0.2) is 6.61 Å². The van der Waals surface area contributed by atoms with Crippen LogP contribution in [-0.2, 0) is 0 Å². The summed E-state index contributed by atoms with van der Waals surface area (Å²) in [4.78, 5) is 0. The molecule has 1 unspecified atom stereocenters. The number of hydrogen-bond donors (Lipinski definition) is 0. The first-order valence-corrected chi connectivity index (χ1v) is 6.41. The first kappa shape index (κ1) is 12.0. The Labute approximate surface area is 103 Å². The smallest absolute Gasteiger partial charge is 0.119 e. The summed E-state index contributed by atoms with van der Waals surface area (Å²) in [6.07, 6.45) is 2.35. The van der Waals surface area contributed by atoms with E-state index in [0.717, 1.165) is 24.7 Å². The van der Waals surface area contributed by atoms with Crippen molar-refractivity contribution in [1.29, 1.82) is 0 Å². The maximum absolute atomic E-state index is 5.79. The van der Waals surface area contributed by atoms with Crippen molar-refractivity contribution in [3.63, 3.8) is 0 Å². The number of benzene rings is 2. The average Bonchev–Trinajstić information content (AvgIpc) is 2.38. The average molecular weight is 228 g/mol. The van der Waals surface area contributed by atoms with Gasteiger partial charge in [-0.2, -0.15) is 0 Å². The van der Waals surface area contributed by atoms with Crippen LogP contribution in [0.4, 0.5) is 0 Å². The second-order valence-corrected chi connectivity index (χ2v) is 4.66. The first-order chi connectivity index (χ1) is 8.29. The van der Waals surface area contributed by atoms with E-state index < -0.39 is 0 Å². The molecule has 0 aliphatic heterocycles. The molecule has 1 nitrogen and oxygen atoms in total. The van der Waals surface area contributed by atoms with E-state index in [4.69, 9.17) is 4.74 Å². The molecule has 0 spiro atoms. The fourth-order valence-corrected chi connectivity index (χ4v) is 1.84. The predicted octanol–water partition coefficient (Wildman–Crippen LogP) is 4.65. The van der Waals surface area contributed by atoms with Gasteiger partial charge in [0, 0.05) is 0 Å². The molecule has 1 heteroatoms. The van der Waals surface area contributed by atoms with Gasteiger partial charge in [-0.1, -0.05) is 50.6 Å². The number of fused-ring (bicyclic) bond motifs is 1. The largest absolute Gasteiger partial charge is 0.494 e. The topological polar surface area (TPSA) is 9.23 Å². The SMILES string of the molecule is CCC(C)CCOc1ccc2ccccc2c1. The van der Waals surface area contributed by atoms with E-state index >= 15 is 0 Å². The summed E-state index contributed by atoms with van der Waals surface area (Å²) in [6, 6.07) is 14.7. The normalized spacial score (nSPS) is 12.6. The van der Waals surface area contributed by atoms with Crippen LogP contribution in [0.3, 0.4) is 0 Å². The second kappa shape index (κ2) is 5.72. The summed E-state index contributed by atoms with van der Waals surface area (Å²) in [5.41, 5.74) is 0. The standard InChI is InChI=1S/C16H20O/c1-3-13(2)10-11-17-16-9-8-14-6-4-5-7-15(14)12-16/h4-9,12-13H,3,10-11H2,1-2H3. The minimum absolute atomic E-state index is 0.746. The molecule has 0 heterocycles. The molecule has 0 aliphatic carbocycles. The molecule has 2 aromatic rings. The minimum atomic E-state index is 0.746. The van der Waals surface area contributed by atoms with E-state index in [-0.39, 0.29) is 0 Å². The molecule has 2 rings (SSSR count). The fourth-order valence-electron chi connectivity index (χ4n) is 1.84. The minimum Gasteiger partial charge on any atom is -0.494 e. The molecule has 0 saturated carbocycles. The van der Waals surface area contributed by atoms with Gasteiger partial charge in [0.1, 0.15) is 5.75 Å². The van der Waals surface area contributed by atoms with Gasteiger partial charge in [0.15, 0.2) is 0 Å². The molecule has 1 atom stereocenters. The van der Waals surface area contributed by atoms with Gasteiger partial charge in [0.25, 0.3) is 0 Å². The fraction of sp³-hybridized carbons (Fsp3) is 0.375. The summed E-state index contributed by atoms with van der Waals surface area (Å²) >= 11 is 0. The monoisotopic (exact) mass is 228 g/mol. The maximum atomic E-state index is 5.79. The first-order valence-electron chi connectivity index (χ1n) is 6.41. The molecule has 0 bridgehead atoms. The van der Waals surface area contributed by atoms with Crippen molar-refractivity contribution in [2.45, 2.75) is 26.7 Å². The molecule has 17 heavy (non-hydrogen) atoms. The highest BCUT2D eigenvalue weighted by Crippen LogP contribution is 2.21. The Morgan fingerprint density at radius 2 is 1.82 bits per heavy atom. The maximum Gasteiger partial charge on any atom is 0.119 e. The van der Waals surface area contributed by atoms with Crippen molar-refractivity contribution >= 4 is 10.8 Å². The Kier molecular flexibility index (Phi) is 4.03. The Hall–Kier alpha value is -1.50. The van der Waals surface area contributed by atoms with Crippen LogP contribution in [0.5, 0.6) is 5.75 Å². The molecule has 0 aromatic heterocycles. The van der Waals surface area contributed by atoms with Crippen LogP contribution >= 0.6 is 0 Å². The third kappa shape index (κ3) is 3.23. The summed E-state index contributed by atoms with van der Waals surface area (Å²) in [5.74, 6) is 1.72. The van der Waals surface area contributed by atoms with Crippen LogP contribution in [0, 0.1) is 5.92 Å². The van der Waals surface area contributed by atoms with Crippen LogP contribution in [0.25, 0.3) is 10.8 Å². The van der Waals surface area contributed by atoms with Crippen molar-refractivity contribution in [3.05, 3.63) is 42.5 Å². The quantitative estimate of drug-likeness (QED) is 0.723. The van der Waals surface area contributed by atoms with Crippen LogP contribution in [0.1, 0.15) is 26.7 Å². The zero-order chi connectivity index (χ0) is 12.1. The molecule has 2 aromatic carbocycles. The third-order valence-corrected chi connectivity index (χ3v) is 3.30. The van der Waals surface area contributed by atoms with Crippen molar-refractivity contribution in [1.82, 2.24) is 0 Å². The van der Waals surface area contributed by atoms with E-state index in [1.807, 2.05) is 0 Å². The van der Waals surface area contributed by atoms with E-state index in [9.17, 15) is 0 Å². The zero-order valence-electron chi connectivity index (χ0n) is 10.6. The van der Waals surface area contributed by atoms with Crippen LogP contribution in [0.15, 0.2) is 42.5 Å². The van der Waals surface area contributed by atoms with Gasteiger partial charge >= 0.3 is 0 Å². The molecule has 0 saturated heterocycles. The van der Waals surface area contributed by atoms with Gasteiger partial charge in [0.05, 0.1) is 6.61 Å². The lowest BCUT2D eigenvalue weighted by Gasteiger charge is -2.10. The number of ether oxygens (including phenoxy) is 1. The lowest BCUT2D eigenvalue weighted by atomic mass is 10.1. The summed E-state index contributed by atoms with van der Waals surface area (Å²) in [7, 11) is 0. The van der Waals surface area contributed by atoms with Gasteiger partial charge in [-0.3, -0.25) is 0 Å². The second-order valence-electron chi connectivity index (χ2n) is 4.66. The lowest BCUT2D eigenvalue weighted by molar-refractivity contribution is 0.282. The van der Waals surface area contributed by atoms with Crippen molar-refractivity contribution in [2.75, 3.05) is 6.61 Å². The molecule has 0 N–H and O–H groups in total. The summed E-state index contributed by atoms with van der Waals surface area (Å²) in [6.45, 7) is 5.30. The number of hydrogen-bond acceptors (Lipinski definition) is 1. The van der Waals surface area contributed by atoms with Gasteiger partial charge in [0.2, 0.25) is 0 Å². The van der Waals surface area contributed by atoms with Crippen LogP contribution in [0.2, 0.25) is 0 Å². The van der Waals surface area contributed by atoms with E-state index in [1.54, 1.807) is 0 Å². The molecule has 0 amide bonds. The molecule has 0 fully saturated rings. The lowest BCUT2D eigenvalue weighted by Crippen LogP contribution is -2.03. The number of rotatable bonds is 5. The summed E-state index contributed by atoms with van der Waals surface area (Å²) < 4.78 is 5.79. The highest BCUT2D eigenvalue weighted by molar-refractivity contribution is 5.83. The Balaban J connectivity index is 1.99. The van der Waals surface area contributed by atoms with Gasteiger partial charge in [-0.05, 0) is 35.2 Å². The van der Waals surface area contributed by atoms with Crippen molar-refractivity contribution in [3.8, 4) is 5.75 Å². The summed E-state index contributed by atoms with van der Waals surface area (Å²) in [5, 5.41) is 2.51. The molecule has 0 radical (unpaired) electrons. The van der Waals surface area contributed by atoms with Crippen LogP contribution < -0.4 is 4.74 Å². The molecular weight excluding hydrogens is 208 g/mol. The van der Waals surface area contributed by atoms with E-state index in [2.05, 4.69) is 56.3 Å². The predicted molar refractivity (Wildman–Crippen MR) is 73.5 cm³/mol. The van der Waals surface area contributed by atoms with Gasteiger partial charge in [-0.15, -0.1) is 0 Å². The van der Waals surface area contributed by atoms with E-state index in [1.165, 1.54) is 17.2 Å². The highest BCUT2D eigenvalue weighted by atomic mass is 16.5. The van der Waals surface area contributed by atoms with Gasteiger partial charge in [-0.25, -0.2) is 0 Å². The van der Waals surface area contributed by atoms with E-state index in [0.29, 0.717) is 0 Å². The Bertz CT molecular complexity index is 476. The molecular formula is C16H20O. The highest BCUT2D eigenvalue weighted by Gasteiger charge is 2.00. The van der Waals surface area contributed by atoms with Crippen molar-refractivity contribution in [2.24, 2.45) is 5.92 Å². The molecule has 0 aliphatic rings. The Morgan fingerprint density at radius 3 is 2.59 bits per heavy atom. The molecule has 90 valence electrons. The zero-order valence-corrected chi connectivity index (χ0v) is 10.6. The van der Waals surface area contributed by atoms with Gasteiger partial charge < -0.3 is 4.74 Å². The third-order valence-electron chi connectivity index (χ3n) is 3.30. The Morgan fingerprint density at radius 1 is 1.06 bits per heavy atom. The van der Waals surface area contributed by atoms with Crippen molar-refractivity contribution < 1.29 is 4.74 Å².